The molecule has 2 rings (SSSR count). The quantitative estimate of drug-likeness (QED) is 0.913. The first-order valence-electron chi connectivity index (χ1n) is 5.44. The summed E-state index contributed by atoms with van der Waals surface area (Å²) in [6, 6.07) is 6.39. The molecule has 1 N–H and O–H groups in total. The predicted octanol–water partition coefficient (Wildman–Crippen LogP) is 2.17. The van der Waals surface area contributed by atoms with Gasteiger partial charge in [-0.05, 0) is 19.2 Å². The van der Waals surface area contributed by atoms with E-state index in [1.54, 1.807) is 7.11 Å². The highest BCUT2D eigenvalue weighted by Crippen LogP contribution is 2.27. The summed E-state index contributed by atoms with van der Waals surface area (Å²) < 4.78 is 5.33. The number of ether oxygens (including phenoxy) is 1. The summed E-state index contributed by atoms with van der Waals surface area (Å²) in [5.41, 5.74) is 1.07. The number of hydrogen-bond acceptors (Lipinski definition) is 3. The van der Waals surface area contributed by atoms with E-state index in [1.165, 1.54) is 0 Å². The van der Waals surface area contributed by atoms with E-state index in [2.05, 4.69) is 17.3 Å². The molecule has 5 heteroatoms. The molecule has 1 heterocycles. The Labute approximate surface area is 113 Å². The first-order chi connectivity index (χ1) is 7.72. The monoisotopic (exact) mass is 276 g/mol. The van der Waals surface area contributed by atoms with Crippen LogP contribution >= 0.6 is 24.0 Å². The van der Waals surface area contributed by atoms with Gasteiger partial charge in [-0.1, -0.05) is 17.7 Å². The minimum Gasteiger partial charge on any atom is -0.496 e. The molecule has 0 bridgehead atoms. The maximum absolute atomic E-state index is 6.20. The van der Waals surface area contributed by atoms with Crippen molar-refractivity contribution in [2.45, 2.75) is 12.6 Å². The number of methoxy groups -OCH3 is 1. The van der Waals surface area contributed by atoms with Crippen molar-refractivity contribution in [3.05, 3.63) is 28.8 Å². The van der Waals surface area contributed by atoms with Gasteiger partial charge >= 0.3 is 0 Å². The van der Waals surface area contributed by atoms with Crippen LogP contribution in [0, 0.1) is 0 Å². The van der Waals surface area contributed by atoms with Crippen molar-refractivity contribution in [3.63, 3.8) is 0 Å². The molecule has 0 atom stereocenters. The number of hydrogen-bond donors (Lipinski definition) is 1. The third-order valence-corrected chi connectivity index (χ3v) is 3.44. The lowest BCUT2D eigenvalue weighted by atomic mass is 10.1. The predicted molar refractivity (Wildman–Crippen MR) is 73.4 cm³/mol. The Bertz CT molecular complexity index is 370. The van der Waals surface area contributed by atoms with E-state index in [1.807, 2.05) is 18.2 Å². The van der Waals surface area contributed by atoms with Crippen molar-refractivity contribution >= 4 is 24.0 Å². The van der Waals surface area contributed by atoms with Crippen molar-refractivity contribution in [3.8, 4) is 5.75 Å². The highest BCUT2D eigenvalue weighted by Gasteiger charge is 2.22. The highest BCUT2D eigenvalue weighted by atomic mass is 35.5. The normalized spacial score (nSPS) is 15.3. The summed E-state index contributed by atoms with van der Waals surface area (Å²) >= 11 is 6.20. The van der Waals surface area contributed by atoms with Crippen LogP contribution in [0.1, 0.15) is 5.56 Å². The zero-order valence-corrected chi connectivity index (χ0v) is 11.6. The minimum atomic E-state index is 0. The average Bonchev–Trinajstić information content (AvgIpc) is 2.18. The summed E-state index contributed by atoms with van der Waals surface area (Å²) in [4.78, 5) is 2.31. The molecule has 1 fully saturated rings. The standard InChI is InChI=1S/C12H17ClN2O.ClH/c1-15(9-6-14-7-9)8-10-11(13)4-3-5-12(10)16-2;/h3-5,9,14H,6-8H2,1-2H3;1H. The van der Waals surface area contributed by atoms with Crippen molar-refractivity contribution in [1.29, 1.82) is 0 Å². The number of nitrogens with zero attached hydrogens (tertiary/aromatic N) is 1. The van der Waals surface area contributed by atoms with E-state index in [4.69, 9.17) is 16.3 Å². The van der Waals surface area contributed by atoms with Gasteiger partial charge in [0, 0.05) is 36.3 Å². The summed E-state index contributed by atoms with van der Waals surface area (Å²) in [5.74, 6) is 0.867. The Morgan fingerprint density at radius 1 is 1.47 bits per heavy atom. The third kappa shape index (κ3) is 3.26. The molecular weight excluding hydrogens is 259 g/mol. The Balaban J connectivity index is 0.00000144. The SMILES string of the molecule is COc1cccc(Cl)c1CN(C)C1CNC1.Cl. The lowest BCUT2D eigenvalue weighted by molar-refractivity contribution is 0.171. The summed E-state index contributed by atoms with van der Waals surface area (Å²) in [5, 5.41) is 4.04. The first-order valence-corrected chi connectivity index (χ1v) is 5.82. The molecule has 0 amide bonds. The van der Waals surface area contributed by atoms with Gasteiger partial charge in [0.2, 0.25) is 0 Å². The number of rotatable bonds is 4. The van der Waals surface area contributed by atoms with E-state index in [-0.39, 0.29) is 12.4 Å². The lowest BCUT2D eigenvalue weighted by Gasteiger charge is -2.36. The molecule has 0 aliphatic carbocycles. The molecule has 1 aliphatic heterocycles. The summed E-state index contributed by atoms with van der Waals surface area (Å²) in [7, 11) is 3.80. The van der Waals surface area contributed by atoms with Gasteiger partial charge in [0.25, 0.3) is 0 Å². The molecule has 17 heavy (non-hydrogen) atoms. The van der Waals surface area contributed by atoms with Gasteiger partial charge in [0.05, 0.1) is 7.11 Å². The minimum absolute atomic E-state index is 0. The zero-order chi connectivity index (χ0) is 11.5. The molecule has 0 spiro atoms. The van der Waals surface area contributed by atoms with Crippen LogP contribution < -0.4 is 10.1 Å². The van der Waals surface area contributed by atoms with E-state index < -0.39 is 0 Å². The van der Waals surface area contributed by atoms with Crippen LogP contribution in [0.15, 0.2) is 18.2 Å². The number of halogens is 2. The van der Waals surface area contributed by atoms with Gasteiger partial charge in [-0.25, -0.2) is 0 Å². The number of benzene rings is 1. The first kappa shape index (κ1) is 14.6. The fourth-order valence-electron chi connectivity index (χ4n) is 1.85. The Morgan fingerprint density at radius 3 is 2.71 bits per heavy atom. The zero-order valence-electron chi connectivity index (χ0n) is 10.1. The molecule has 0 radical (unpaired) electrons. The van der Waals surface area contributed by atoms with E-state index in [9.17, 15) is 0 Å². The molecule has 0 saturated carbocycles. The van der Waals surface area contributed by atoms with E-state index in [0.717, 1.165) is 36.0 Å². The van der Waals surface area contributed by atoms with Crippen LogP contribution in [0.3, 0.4) is 0 Å². The van der Waals surface area contributed by atoms with Gasteiger partial charge in [0.15, 0.2) is 0 Å². The molecule has 1 aromatic carbocycles. The number of nitrogens with one attached hydrogen (secondary N) is 1. The fraction of sp³-hybridized carbons (Fsp3) is 0.500. The molecule has 3 nitrogen and oxygen atoms in total. The molecule has 96 valence electrons. The van der Waals surface area contributed by atoms with E-state index >= 15 is 0 Å². The van der Waals surface area contributed by atoms with Gasteiger partial charge in [0.1, 0.15) is 5.75 Å². The smallest absolute Gasteiger partial charge is 0.124 e. The van der Waals surface area contributed by atoms with Gasteiger partial charge in [-0.3, -0.25) is 4.90 Å². The molecule has 0 aromatic heterocycles. The molecular formula is C12H18Cl2N2O. The largest absolute Gasteiger partial charge is 0.496 e. The third-order valence-electron chi connectivity index (χ3n) is 3.09. The van der Waals surface area contributed by atoms with Crippen LogP contribution in [0.2, 0.25) is 5.02 Å². The molecule has 1 aliphatic rings. The lowest BCUT2D eigenvalue weighted by Crippen LogP contribution is -2.55. The Hall–Kier alpha value is -0.480. The van der Waals surface area contributed by atoms with Crippen LogP contribution in [0.4, 0.5) is 0 Å². The second-order valence-electron chi connectivity index (χ2n) is 4.15. The average molecular weight is 277 g/mol. The number of likely N-dealkylation sites (N-methyl/N-ethyl adjacent to an activating group) is 1. The van der Waals surface area contributed by atoms with E-state index in [0.29, 0.717) is 6.04 Å². The second-order valence-corrected chi connectivity index (χ2v) is 4.56. The van der Waals surface area contributed by atoms with Crippen molar-refractivity contribution < 1.29 is 4.74 Å². The second kappa shape index (κ2) is 6.45. The maximum Gasteiger partial charge on any atom is 0.124 e. The molecule has 1 saturated heterocycles. The Kier molecular flexibility index (Phi) is 5.53. The molecule has 1 aromatic rings. The van der Waals surface area contributed by atoms with Gasteiger partial charge < -0.3 is 10.1 Å². The fourth-order valence-corrected chi connectivity index (χ4v) is 2.07. The molecule has 0 unspecified atom stereocenters. The topological polar surface area (TPSA) is 24.5 Å². The highest BCUT2D eigenvalue weighted by molar-refractivity contribution is 6.31. The van der Waals surface area contributed by atoms with Gasteiger partial charge in [-0.2, -0.15) is 0 Å². The van der Waals surface area contributed by atoms with Crippen molar-refractivity contribution in [1.82, 2.24) is 10.2 Å². The van der Waals surface area contributed by atoms with Gasteiger partial charge in [-0.15, -0.1) is 12.4 Å². The van der Waals surface area contributed by atoms with Crippen molar-refractivity contribution in [2.75, 3.05) is 27.2 Å². The maximum atomic E-state index is 6.20. The van der Waals surface area contributed by atoms with Crippen molar-refractivity contribution in [2.24, 2.45) is 0 Å². The Morgan fingerprint density at radius 2 is 2.18 bits per heavy atom. The summed E-state index contributed by atoms with van der Waals surface area (Å²) in [6.07, 6.45) is 0. The van der Waals surface area contributed by atoms with Crippen LogP contribution in [-0.4, -0.2) is 38.2 Å². The summed E-state index contributed by atoms with van der Waals surface area (Å²) in [6.45, 7) is 2.95. The van der Waals surface area contributed by atoms with Crippen LogP contribution in [-0.2, 0) is 6.54 Å². The van der Waals surface area contributed by atoms with Crippen LogP contribution in [0.25, 0.3) is 0 Å². The van der Waals surface area contributed by atoms with Crippen LogP contribution in [0.5, 0.6) is 5.75 Å².